The lowest BCUT2D eigenvalue weighted by atomic mass is 9.86. The Hall–Kier alpha value is -2.81. The molecule has 0 unspecified atom stereocenters. The Morgan fingerprint density at radius 2 is 1.60 bits per heavy atom. The summed E-state index contributed by atoms with van der Waals surface area (Å²) in [5, 5.41) is 3.31. The zero-order valence-electron chi connectivity index (χ0n) is 15.0. The van der Waals surface area contributed by atoms with Gasteiger partial charge >= 0.3 is 0 Å². The molecule has 0 aliphatic heterocycles. The van der Waals surface area contributed by atoms with E-state index in [1.165, 1.54) is 11.1 Å². The Labute approximate surface area is 149 Å². The highest BCUT2D eigenvalue weighted by Gasteiger charge is 2.18. The van der Waals surface area contributed by atoms with Crippen LogP contribution in [0.4, 0.5) is 5.82 Å². The maximum atomic E-state index is 6.12. The third-order valence-corrected chi connectivity index (χ3v) is 3.98. The normalized spacial score (nSPS) is 11.2. The molecule has 0 aliphatic carbocycles. The molecule has 0 amide bonds. The first-order valence-corrected chi connectivity index (χ1v) is 8.53. The van der Waals surface area contributed by atoms with Crippen LogP contribution in [0.25, 0.3) is 0 Å². The highest BCUT2D eigenvalue weighted by Crippen LogP contribution is 2.33. The molecule has 0 saturated heterocycles. The fourth-order valence-electron chi connectivity index (χ4n) is 2.64. The Morgan fingerprint density at radius 1 is 0.880 bits per heavy atom. The summed E-state index contributed by atoms with van der Waals surface area (Å²) in [4.78, 5) is 4.26. The number of hydrogen-bond acceptors (Lipinski definition) is 3. The molecule has 2 aromatic carbocycles. The van der Waals surface area contributed by atoms with Crippen LogP contribution < -0.4 is 10.1 Å². The van der Waals surface area contributed by atoms with Crippen LogP contribution in [0.5, 0.6) is 11.5 Å². The van der Waals surface area contributed by atoms with Gasteiger partial charge in [0.05, 0.1) is 0 Å². The minimum absolute atomic E-state index is 0.0448. The summed E-state index contributed by atoms with van der Waals surface area (Å²) >= 11 is 0. The van der Waals surface area contributed by atoms with Gasteiger partial charge in [-0.15, -0.1) is 0 Å². The molecule has 1 heterocycles. The molecule has 1 aromatic heterocycles. The van der Waals surface area contributed by atoms with Crippen molar-refractivity contribution in [3.8, 4) is 11.5 Å². The SMILES string of the molecule is CC(C)(C)c1ccccc1Oc1ccc(CNc2ccccn2)cc1. The number of ether oxygens (including phenoxy) is 1. The van der Waals surface area contributed by atoms with Crippen molar-refractivity contribution in [2.75, 3.05) is 5.32 Å². The minimum Gasteiger partial charge on any atom is -0.457 e. The molecule has 1 N–H and O–H groups in total. The molecule has 0 spiro atoms. The smallest absolute Gasteiger partial charge is 0.131 e. The van der Waals surface area contributed by atoms with Gasteiger partial charge in [-0.3, -0.25) is 0 Å². The molecule has 0 atom stereocenters. The van der Waals surface area contributed by atoms with Crippen molar-refractivity contribution in [2.45, 2.75) is 32.7 Å². The van der Waals surface area contributed by atoms with Gasteiger partial charge in [0, 0.05) is 18.3 Å². The topological polar surface area (TPSA) is 34.1 Å². The highest BCUT2D eigenvalue weighted by atomic mass is 16.5. The maximum Gasteiger partial charge on any atom is 0.131 e. The van der Waals surface area contributed by atoms with Crippen LogP contribution in [0.1, 0.15) is 31.9 Å². The van der Waals surface area contributed by atoms with E-state index in [0.717, 1.165) is 23.9 Å². The second-order valence-corrected chi connectivity index (χ2v) is 7.06. The van der Waals surface area contributed by atoms with E-state index in [9.17, 15) is 0 Å². The number of para-hydroxylation sites is 1. The van der Waals surface area contributed by atoms with Gasteiger partial charge in [0.15, 0.2) is 0 Å². The van der Waals surface area contributed by atoms with Gasteiger partial charge in [-0.1, -0.05) is 57.2 Å². The molecule has 0 radical (unpaired) electrons. The quantitative estimate of drug-likeness (QED) is 0.642. The first kappa shape index (κ1) is 17.0. The summed E-state index contributed by atoms with van der Waals surface area (Å²) in [6.07, 6.45) is 1.78. The number of aromatic nitrogens is 1. The summed E-state index contributed by atoms with van der Waals surface area (Å²) in [5.41, 5.74) is 2.43. The fourth-order valence-corrected chi connectivity index (χ4v) is 2.64. The zero-order valence-corrected chi connectivity index (χ0v) is 15.0. The van der Waals surface area contributed by atoms with E-state index in [1.54, 1.807) is 6.20 Å². The minimum atomic E-state index is 0.0448. The third kappa shape index (κ3) is 4.60. The predicted octanol–water partition coefficient (Wildman–Crippen LogP) is 5.78. The summed E-state index contributed by atoms with van der Waals surface area (Å²) in [5.74, 6) is 2.63. The van der Waals surface area contributed by atoms with Crippen LogP contribution in [0.2, 0.25) is 0 Å². The van der Waals surface area contributed by atoms with Crippen molar-refractivity contribution in [3.63, 3.8) is 0 Å². The van der Waals surface area contributed by atoms with Crippen LogP contribution in [0.15, 0.2) is 72.9 Å². The summed E-state index contributed by atoms with van der Waals surface area (Å²) in [6, 6.07) is 22.2. The Kier molecular flexibility index (Phi) is 5.03. The highest BCUT2D eigenvalue weighted by molar-refractivity contribution is 5.42. The van der Waals surface area contributed by atoms with Crippen LogP contribution in [-0.2, 0) is 12.0 Å². The molecule has 3 nitrogen and oxygen atoms in total. The predicted molar refractivity (Wildman–Crippen MR) is 103 cm³/mol. The van der Waals surface area contributed by atoms with Crippen LogP contribution in [0, 0.1) is 0 Å². The van der Waals surface area contributed by atoms with Crippen molar-refractivity contribution in [1.29, 1.82) is 0 Å². The number of rotatable bonds is 5. The standard InChI is InChI=1S/C22H24N2O/c1-22(2,3)19-8-4-5-9-20(19)25-18-13-11-17(12-14-18)16-24-21-10-6-7-15-23-21/h4-15H,16H2,1-3H3,(H,23,24). The number of benzene rings is 2. The van der Waals surface area contributed by atoms with Gasteiger partial charge in [-0.2, -0.15) is 0 Å². The average molecular weight is 332 g/mol. The molecular formula is C22H24N2O. The lowest BCUT2D eigenvalue weighted by Gasteiger charge is -2.22. The first-order valence-electron chi connectivity index (χ1n) is 8.53. The van der Waals surface area contributed by atoms with E-state index < -0.39 is 0 Å². The van der Waals surface area contributed by atoms with E-state index >= 15 is 0 Å². The average Bonchev–Trinajstić information content (AvgIpc) is 2.62. The maximum absolute atomic E-state index is 6.12. The molecular weight excluding hydrogens is 308 g/mol. The van der Waals surface area contributed by atoms with Gasteiger partial charge in [-0.25, -0.2) is 4.98 Å². The monoisotopic (exact) mass is 332 g/mol. The Balaban J connectivity index is 1.67. The Morgan fingerprint density at radius 3 is 2.28 bits per heavy atom. The molecule has 0 fully saturated rings. The number of anilines is 1. The second kappa shape index (κ2) is 7.39. The van der Waals surface area contributed by atoms with Crippen LogP contribution in [-0.4, -0.2) is 4.98 Å². The lowest BCUT2D eigenvalue weighted by Crippen LogP contribution is -2.12. The molecule has 128 valence electrons. The van der Waals surface area contributed by atoms with E-state index in [0.29, 0.717) is 0 Å². The summed E-state index contributed by atoms with van der Waals surface area (Å²) in [6.45, 7) is 7.32. The van der Waals surface area contributed by atoms with E-state index in [1.807, 2.05) is 42.5 Å². The fraction of sp³-hybridized carbons (Fsp3) is 0.227. The molecule has 3 aromatic rings. The van der Waals surface area contributed by atoms with Gasteiger partial charge in [0.1, 0.15) is 17.3 Å². The molecule has 3 heteroatoms. The largest absolute Gasteiger partial charge is 0.457 e. The lowest BCUT2D eigenvalue weighted by molar-refractivity contribution is 0.455. The van der Waals surface area contributed by atoms with Gasteiger partial charge in [-0.05, 0) is 41.3 Å². The van der Waals surface area contributed by atoms with Crippen LogP contribution in [0.3, 0.4) is 0 Å². The molecule has 0 bridgehead atoms. The molecule has 25 heavy (non-hydrogen) atoms. The van der Waals surface area contributed by atoms with Crippen molar-refractivity contribution < 1.29 is 4.74 Å². The number of hydrogen-bond donors (Lipinski definition) is 1. The molecule has 0 saturated carbocycles. The summed E-state index contributed by atoms with van der Waals surface area (Å²) < 4.78 is 6.12. The molecule has 0 aliphatic rings. The number of nitrogens with zero attached hydrogens (tertiary/aromatic N) is 1. The molecule has 3 rings (SSSR count). The van der Waals surface area contributed by atoms with Crippen molar-refractivity contribution in [2.24, 2.45) is 0 Å². The van der Waals surface area contributed by atoms with E-state index in [-0.39, 0.29) is 5.41 Å². The van der Waals surface area contributed by atoms with Gasteiger partial charge < -0.3 is 10.1 Å². The zero-order chi connectivity index (χ0) is 17.7. The first-order chi connectivity index (χ1) is 12.0. The van der Waals surface area contributed by atoms with Crippen LogP contribution >= 0.6 is 0 Å². The third-order valence-electron chi connectivity index (χ3n) is 3.98. The Bertz CT molecular complexity index is 805. The summed E-state index contributed by atoms with van der Waals surface area (Å²) in [7, 11) is 0. The van der Waals surface area contributed by atoms with E-state index in [2.05, 4.69) is 55.3 Å². The van der Waals surface area contributed by atoms with Crippen molar-refractivity contribution >= 4 is 5.82 Å². The second-order valence-electron chi connectivity index (χ2n) is 7.06. The number of nitrogens with one attached hydrogen (secondary N) is 1. The van der Waals surface area contributed by atoms with Crippen molar-refractivity contribution in [3.05, 3.63) is 84.1 Å². The van der Waals surface area contributed by atoms with Gasteiger partial charge in [0.25, 0.3) is 0 Å². The van der Waals surface area contributed by atoms with Gasteiger partial charge in [0.2, 0.25) is 0 Å². The van der Waals surface area contributed by atoms with E-state index in [4.69, 9.17) is 4.74 Å². The number of pyridine rings is 1. The van der Waals surface area contributed by atoms with Crippen molar-refractivity contribution in [1.82, 2.24) is 4.98 Å².